The summed E-state index contributed by atoms with van der Waals surface area (Å²) in [5, 5.41) is 5.95. The molecule has 0 aromatic heterocycles. The van der Waals surface area contributed by atoms with Crippen molar-refractivity contribution in [1.29, 1.82) is 0 Å². The Balaban J connectivity index is 1.25. The highest BCUT2D eigenvalue weighted by atomic mass is 16.7. The molecule has 0 spiro atoms. The van der Waals surface area contributed by atoms with Gasteiger partial charge in [0.25, 0.3) is 0 Å². The first-order valence-corrected chi connectivity index (χ1v) is 9.22. The Bertz CT molecular complexity index is 987. The van der Waals surface area contributed by atoms with Crippen LogP contribution in [0.15, 0.2) is 48.5 Å². The summed E-state index contributed by atoms with van der Waals surface area (Å²) >= 11 is 0. The molecule has 2 atom stereocenters. The third kappa shape index (κ3) is 2.94. The molecule has 0 saturated carbocycles. The van der Waals surface area contributed by atoms with Gasteiger partial charge in [0.15, 0.2) is 11.5 Å². The number of nitrogens with zero attached hydrogens (tertiary/aromatic N) is 1. The van der Waals surface area contributed by atoms with Crippen LogP contribution >= 0.6 is 0 Å². The van der Waals surface area contributed by atoms with Gasteiger partial charge >= 0.3 is 0 Å². The molecular weight excluding hydrogens is 358 g/mol. The molecule has 1 fully saturated rings. The molecule has 0 bridgehead atoms. The number of para-hydroxylation sites is 2. The van der Waals surface area contributed by atoms with E-state index in [1.54, 1.807) is 6.08 Å². The van der Waals surface area contributed by atoms with E-state index in [9.17, 15) is 9.59 Å². The van der Waals surface area contributed by atoms with Crippen LogP contribution in [0, 0.1) is 0 Å². The van der Waals surface area contributed by atoms with Crippen LogP contribution in [-0.2, 0) is 9.59 Å². The summed E-state index contributed by atoms with van der Waals surface area (Å²) in [7, 11) is 0. The Labute approximate surface area is 161 Å². The second kappa shape index (κ2) is 6.60. The average molecular weight is 377 g/mol. The highest BCUT2D eigenvalue weighted by Gasteiger charge is 2.41. The predicted octanol–water partition coefficient (Wildman–Crippen LogP) is 2.14. The smallest absolute Gasteiger partial charge is 0.247 e. The minimum atomic E-state index is -0.252. The molecule has 2 N–H and O–H groups in total. The van der Waals surface area contributed by atoms with Crippen molar-refractivity contribution in [3.05, 3.63) is 54.1 Å². The number of amides is 2. The second-order valence-corrected chi connectivity index (χ2v) is 7.06. The van der Waals surface area contributed by atoms with E-state index >= 15 is 0 Å². The van der Waals surface area contributed by atoms with E-state index < -0.39 is 0 Å². The first-order valence-electron chi connectivity index (χ1n) is 9.22. The van der Waals surface area contributed by atoms with Gasteiger partial charge in [-0.15, -0.1) is 0 Å². The van der Waals surface area contributed by atoms with Crippen LogP contribution in [0.1, 0.15) is 12.0 Å². The normalized spacial score (nSPS) is 22.0. The summed E-state index contributed by atoms with van der Waals surface area (Å²) < 4.78 is 10.6. The Morgan fingerprint density at radius 2 is 2.04 bits per heavy atom. The molecule has 7 nitrogen and oxygen atoms in total. The molecule has 2 amide bonds. The second-order valence-electron chi connectivity index (χ2n) is 7.06. The van der Waals surface area contributed by atoms with Gasteiger partial charge < -0.3 is 25.0 Å². The molecule has 2 aromatic carbocycles. The molecule has 3 aliphatic heterocycles. The van der Waals surface area contributed by atoms with Crippen LogP contribution in [0.2, 0.25) is 0 Å². The van der Waals surface area contributed by atoms with Crippen molar-refractivity contribution in [3.8, 4) is 11.5 Å². The lowest BCUT2D eigenvalue weighted by Crippen LogP contribution is -2.43. The van der Waals surface area contributed by atoms with Crippen molar-refractivity contribution in [2.45, 2.75) is 18.5 Å². The Kier molecular flexibility index (Phi) is 3.93. The topological polar surface area (TPSA) is 79.9 Å². The number of benzene rings is 2. The monoisotopic (exact) mass is 377 g/mol. The quantitative estimate of drug-likeness (QED) is 0.802. The number of rotatable bonds is 3. The molecule has 3 aliphatic rings. The number of anilines is 2. The summed E-state index contributed by atoms with van der Waals surface area (Å²) in [6, 6.07) is 12.9. The van der Waals surface area contributed by atoms with Gasteiger partial charge in [0.05, 0.1) is 11.4 Å². The Morgan fingerprint density at radius 1 is 1.18 bits per heavy atom. The fourth-order valence-electron chi connectivity index (χ4n) is 3.94. The largest absolute Gasteiger partial charge is 0.454 e. The van der Waals surface area contributed by atoms with Crippen LogP contribution < -0.4 is 25.0 Å². The predicted molar refractivity (Wildman–Crippen MR) is 104 cm³/mol. The van der Waals surface area contributed by atoms with Crippen LogP contribution in [-0.4, -0.2) is 37.2 Å². The fraction of sp³-hybridized carbons (Fsp3) is 0.238. The van der Waals surface area contributed by atoms with Gasteiger partial charge in [0.2, 0.25) is 18.6 Å². The van der Waals surface area contributed by atoms with E-state index in [1.165, 1.54) is 6.08 Å². The van der Waals surface area contributed by atoms with Crippen molar-refractivity contribution in [2.75, 3.05) is 23.6 Å². The lowest BCUT2D eigenvalue weighted by atomic mass is 10.1. The number of carbonyl (C=O) groups is 2. The maximum absolute atomic E-state index is 12.4. The Morgan fingerprint density at radius 3 is 2.96 bits per heavy atom. The van der Waals surface area contributed by atoms with Gasteiger partial charge in [-0.05, 0) is 42.3 Å². The number of nitrogens with one attached hydrogen (secondary N) is 2. The zero-order valence-corrected chi connectivity index (χ0v) is 15.1. The molecule has 1 saturated heterocycles. The molecule has 2 unspecified atom stereocenters. The highest BCUT2D eigenvalue weighted by molar-refractivity contribution is 6.04. The first kappa shape index (κ1) is 16.7. The van der Waals surface area contributed by atoms with Gasteiger partial charge in [-0.1, -0.05) is 18.2 Å². The summed E-state index contributed by atoms with van der Waals surface area (Å²) in [4.78, 5) is 26.8. The van der Waals surface area contributed by atoms with E-state index in [2.05, 4.69) is 15.5 Å². The first-order chi connectivity index (χ1) is 13.7. The molecule has 28 heavy (non-hydrogen) atoms. The average Bonchev–Trinajstić information content (AvgIpc) is 3.33. The van der Waals surface area contributed by atoms with Crippen LogP contribution in [0.5, 0.6) is 11.5 Å². The van der Waals surface area contributed by atoms with Gasteiger partial charge in [-0.25, -0.2) is 0 Å². The third-order valence-corrected chi connectivity index (χ3v) is 5.25. The molecule has 3 heterocycles. The van der Waals surface area contributed by atoms with E-state index in [1.807, 2.05) is 42.5 Å². The summed E-state index contributed by atoms with van der Waals surface area (Å²) in [5.41, 5.74) is 2.68. The summed E-state index contributed by atoms with van der Waals surface area (Å²) in [6.45, 7) is 0.831. The van der Waals surface area contributed by atoms with E-state index in [4.69, 9.17) is 9.47 Å². The van der Waals surface area contributed by atoms with Crippen molar-refractivity contribution in [2.24, 2.45) is 0 Å². The maximum atomic E-state index is 12.4. The minimum absolute atomic E-state index is 0.0219. The SMILES string of the molecule is O=C(/C=C/c1ccc2c(c1)OCO2)NC1CC2C(=O)Nc3ccccc3N2C1. The molecule has 0 radical (unpaired) electrons. The molecule has 5 rings (SSSR count). The zero-order chi connectivity index (χ0) is 19.1. The number of hydrogen-bond acceptors (Lipinski definition) is 5. The van der Waals surface area contributed by atoms with Gasteiger partial charge in [-0.2, -0.15) is 0 Å². The summed E-state index contributed by atoms with van der Waals surface area (Å²) in [6.07, 6.45) is 3.83. The standard InChI is InChI=1S/C21H19N3O4/c25-20(8-6-13-5-7-18-19(9-13)28-12-27-18)22-14-10-17-21(26)23-15-3-1-2-4-16(15)24(17)11-14/h1-9,14,17H,10-12H2,(H,22,25)(H,23,26)/b8-6+. The zero-order valence-electron chi connectivity index (χ0n) is 15.1. The van der Waals surface area contributed by atoms with Crippen LogP contribution in [0.4, 0.5) is 11.4 Å². The minimum Gasteiger partial charge on any atom is -0.454 e. The van der Waals surface area contributed by atoms with Gasteiger partial charge in [0.1, 0.15) is 6.04 Å². The van der Waals surface area contributed by atoms with E-state index in [-0.39, 0.29) is 30.7 Å². The number of ether oxygens (including phenoxy) is 2. The fourth-order valence-corrected chi connectivity index (χ4v) is 3.94. The Hall–Kier alpha value is -3.48. The number of fused-ring (bicyclic) bond motifs is 4. The maximum Gasteiger partial charge on any atom is 0.247 e. The van der Waals surface area contributed by atoms with Crippen molar-refractivity contribution >= 4 is 29.3 Å². The van der Waals surface area contributed by atoms with Crippen molar-refractivity contribution < 1.29 is 19.1 Å². The van der Waals surface area contributed by atoms with Crippen molar-refractivity contribution in [3.63, 3.8) is 0 Å². The molecule has 0 aliphatic carbocycles. The number of carbonyl (C=O) groups excluding carboxylic acids is 2. The third-order valence-electron chi connectivity index (χ3n) is 5.25. The van der Waals surface area contributed by atoms with Crippen LogP contribution in [0.3, 0.4) is 0 Å². The van der Waals surface area contributed by atoms with E-state index in [0.29, 0.717) is 24.5 Å². The molecule has 142 valence electrons. The molecule has 7 heteroatoms. The van der Waals surface area contributed by atoms with Gasteiger partial charge in [-0.3, -0.25) is 9.59 Å². The molecular formula is C21H19N3O4. The van der Waals surface area contributed by atoms with E-state index in [0.717, 1.165) is 16.9 Å². The summed E-state index contributed by atoms with van der Waals surface area (Å²) in [5.74, 6) is 1.19. The highest BCUT2D eigenvalue weighted by Crippen LogP contribution is 2.36. The van der Waals surface area contributed by atoms with Crippen molar-refractivity contribution in [1.82, 2.24) is 5.32 Å². The lowest BCUT2D eigenvalue weighted by molar-refractivity contribution is -0.118. The van der Waals surface area contributed by atoms with Gasteiger partial charge in [0, 0.05) is 18.7 Å². The lowest BCUT2D eigenvalue weighted by Gasteiger charge is -2.32. The molecule has 2 aromatic rings. The number of hydrogen-bond donors (Lipinski definition) is 2. The van der Waals surface area contributed by atoms with Crippen LogP contribution in [0.25, 0.3) is 6.08 Å².